The van der Waals surface area contributed by atoms with Crippen molar-refractivity contribution in [2.45, 2.75) is 19.0 Å². The minimum Gasteiger partial charge on any atom is -0.598 e. The Labute approximate surface area is 182 Å². The molecule has 0 spiro atoms. The van der Waals surface area contributed by atoms with E-state index in [1.54, 1.807) is 10.6 Å². The summed E-state index contributed by atoms with van der Waals surface area (Å²) in [6, 6.07) is 5.60. The summed E-state index contributed by atoms with van der Waals surface area (Å²) in [6.45, 7) is 3.43. The van der Waals surface area contributed by atoms with Crippen molar-refractivity contribution in [3.05, 3.63) is 57.5 Å². The predicted molar refractivity (Wildman–Crippen MR) is 114 cm³/mol. The fourth-order valence-electron chi connectivity index (χ4n) is 3.61. The number of rotatable bonds is 5. The molecule has 2 N–H and O–H groups in total. The third-order valence-electron chi connectivity index (χ3n) is 5.71. The van der Waals surface area contributed by atoms with E-state index >= 15 is 0 Å². The highest BCUT2D eigenvalue weighted by Crippen LogP contribution is 2.31. The average molecular weight is 452 g/mol. The van der Waals surface area contributed by atoms with Crippen molar-refractivity contribution < 1.29 is 18.8 Å². The maximum Gasteiger partial charge on any atom is 0.296 e. The number of benzene rings is 1. The van der Waals surface area contributed by atoms with E-state index in [0.717, 1.165) is 0 Å². The Morgan fingerprint density at radius 2 is 1.97 bits per heavy atom. The molecule has 2 unspecified atom stereocenters. The van der Waals surface area contributed by atoms with Gasteiger partial charge in [0.05, 0.1) is 18.6 Å². The number of aromatic nitrogens is 2. The summed E-state index contributed by atoms with van der Waals surface area (Å²) in [5.41, 5.74) is -1.30. The van der Waals surface area contributed by atoms with Crippen LogP contribution < -0.4 is 10.9 Å². The van der Waals surface area contributed by atoms with Gasteiger partial charge in [-0.1, -0.05) is 12.1 Å². The first-order valence-electron chi connectivity index (χ1n) is 9.67. The van der Waals surface area contributed by atoms with E-state index in [4.69, 9.17) is 0 Å². The molecule has 2 atom stereocenters. The fourth-order valence-corrected chi connectivity index (χ4v) is 4.38. The smallest absolute Gasteiger partial charge is 0.296 e. The van der Waals surface area contributed by atoms with Gasteiger partial charge in [0.15, 0.2) is 5.69 Å². The second-order valence-electron chi connectivity index (χ2n) is 7.79. The quantitative estimate of drug-likeness (QED) is 0.629. The first-order chi connectivity index (χ1) is 14.5. The summed E-state index contributed by atoms with van der Waals surface area (Å²) in [7, 11) is 3.34. The highest BCUT2D eigenvalue weighted by molar-refractivity contribution is 7.88. The number of carbonyl (C=O) groups is 1. The third-order valence-corrected chi connectivity index (χ3v) is 6.74. The molecule has 0 radical (unpaired) electrons. The molecule has 1 fully saturated rings. The number of hydrogen-bond donors (Lipinski definition) is 2. The number of nitrogens with one attached hydrogen (secondary N) is 1. The maximum absolute atomic E-state index is 13.1. The standard InChI is InChI=1S/C20H26FN5O4S/c1-20(12-26(31(4)30)10-9-24(20)2)19-23-15(16(27)18(29)25(19)3)17(28)22-11-13-5-7-14(21)8-6-13/h5-8,27H,9-12H2,1-4H3,(H,22,28). The Balaban J connectivity index is 1.95. The highest BCUT2D eigenvalue weighted by Gasteiger charge is 2.44. The Morgan fingerprint density at radius 1 is 1.32 bits per heavy atom. The van der Waals surface area contributed by atoms with Crippen LogP contribution in [-0.4, -0.2) is 67.3 Å². The van der Waals surface area contributed by atoms with Gasteiger partial charge in [0.1, 0.15) is 17.9 Å². The Hall–Kier alpha value is -2.47. The molecule has 0 aliphatic carbocycles. The van der Waals surface area contributed by atoms with E-state index in [0.29, 0.717) is 25.2 Å². The van der Waals surface area contributed by atoms with Gasteiger partial charge >= 0.3 is 0 Å². The van der Waals surface area contributed by atoms with Crippen molar-refractivity contribution in [1.82, 2.24) is 24.1 Å². The number of nitrogens with zero attached hydrogens (tertiary/aromatic N) is 4. The van der Waals surface area contributed by atoms with Crippen LogP contribution in [-0.2, 0) is 30.5 Å². The van der Waals surface area contributed by atoms with Crippen LogP contribution in [0.15, 0.2) is 29.1 Å². The summed E-state index contributed by atoms with van der Waals surface area (Å²) in [6.07, 6.45) is 1.59. The molecule has 168 valence electrons. The largest absolute Gasteiger partial charge is 0.598 e. The van der Waals surface area contributed by atoms with E-state index in [9.17, 15) is 23.6 Å². The molecule has 1 aliphatic heterocycles. The number of aromatic hydroxyl groups is 1. The molecule has 1 saturated heterocycles. The van der Waals surface area contributed by atoms with Gasteiger partial charge in [-0.2, -0.15) is 0 Å². The Morgan fingerprint density at radius 3 is 2.58 bits per heavy atom. The molecule has 11 heteroatoms. The molecule has 1 aliphatic rings. The first-order valence-corrected chi connectivity index (χ1v) is 11.2. The fraction of sp³-hybridized carbons (Fsp3) is 0.450. The topological polar surface area (TPSA) is 114 Å². The maximum atomic E-state index is 13.1. The van der Waals surface area contributed by atoms with Gasteiger partial charge in [-0.15, -0.1) is 4.31 Å². The van der Waals surface area contributed by atoms with Gasteiger partial charge in [0.25, 0.3) is 11.5 Å². The zero-order valence-electron chi connectivity index (χ0n) is 17.9. The zero-order chi connectivity index (χ0) is 22.9. The third kappa shape index (κ3) is 4.59. The van der Waals surface area contributed by atoms with Crippen LogP contribution in [0.2, 0.25) is 0 Å². The molecule has 31 heavy (non-hydrogen) atoms. The molecule has 1 aromatic carbocycles. The predicted octanol–water partition coefficient (Wildman–Crippen LogP) is 0.311. The molecule has 2 heterocycles. The van der Waals surface area contributed by atoms with Gasteiger partial charge in [-0.3, -0.25) is 19.1 Å². The van der Waals surface area contributed by atoms with Crippen LogP contribution in [0.25, 0.3) is 0 Å². The second kappa shape index (κ2) is 8.95. The van der Waals surface area contributed by atoms with Gasteiger partial charge in [0.2, 0.25) is 5.75 Å². The molecule has 9 nitrogen and oxygen atoms in total. The lowest BCUT2D eigenvalue weighted by Gasteiger charge is -2.45. The number of halogens is 1. The SMILES string of the molecule is CN1CCN([S+](C)[O-])CC1(C)c1nc(C(=O)NCc2ccc(F)cc2)c(O)c(=O)n1C. The molecular formula is C20H26FN5O4S. The van der Waals surface area contributed by atoms with Gasteiger partial charge in [-0.05, 0) is 31.7 Å². The van der Waals surface area contributed by atoms with Gasteiger partial charge in [-0.25, -0.2) is 9.37 Å². The summed E-state index contributed by atoms with van der Waals surface area (Å²) in [5.74, 6) is -1.59. The van der Waals surface area contributed by atoms with Crippen molar-refractivity contribution >= 4 is 17.3 Å². The highest BCUT2D eigenvalue weighted by atomic mass is 32.2. The molecule has 0 bridgehead atoms. The van der Waals surface area contributed by atoms with Crippen LogP contribution in [0.5, 0.6) is 5.75 Å². The first kappa shape index (κ1) is 23.2. The van der Waals surface area contributed by atoms with Crippen molar-refractivity contribution in [3.63, 3.8) is 0 Å². The minimum atomic E-state index is -1.21. The molecule has 0 saturated carbocycles. The summed E-state index contributed by atoms with van der Waals surface area (Å²) < 4.78 is 28.1. The second-order valence-corrected chi connectivity index (χ2v) is 9.15. The summed E-state index contributed by atoms with van der Waals surface area (Å²) >= 11 is -1.21. The zero-order valence-corrected chi connectivity index (χ0v) is 18.7. The molecule has 3 rings (SSSR count). The number of amides is 1. The monoisotopic (exact) mass is 451 g/mol. The number of carbonyl (C=O) groups excluding carboxylic acids is 1. The summed E-state index contributed by atoms with van der Waals surface area (Å²) in [5, 5.41) is 12.9. The molecule has 1 amide bonds. The van der Waals surface area contributed by atoms with Crippen molar-refractivity contribution in [2.75, 3.05) is 32.9 Å². The molecular weight excluding hydrogens is 425 g/mol. The van der Waals surface area contributed by atoms with Crippen LogP contribution in [0.3, 0.4) is 0 Å². The van der Waals surface area contributed by atoms with Crippen LogP contribution >= 0.6 is 0 Å². The number of likely N-dealkylation sites (N-methyl/N-ethyl adjacent to an activating group) is 1. The van der Waals surface area contributed by atoms with E-state index in [-0.39, 0.29) is 18.1 Å². The Bertz CT molecular complexity index is 1030. The number of hydrogen-bond acceptors (Lipinski definition) is 7. The average Bonchev–Trinajstić information content (AvgIpc) is 2.73. The van der Waals surface area contributed by atoms with Gasteiger partial charge < -0.3 is 15.0 Å². The summed E-state index contributed by atoms with van der Waals surface area (Å²) in [4.78, 5) is 31.8. The number of piperazine rings is 1. The minimum absolute atomic E-state index is 0.0739. The van der Waals surface area contributed by atoms with Gasteiger partial charge in [0, 0.05) is 31.5 Å². The van der Waals surface area contributed by atoms with Crippen LogP contribution in [0, 0.1) is 5.82 Å². The van der Waals surface area contributed by atoms with E-state index in [1.165, 1.54) is 35.9 Å². The normalized spacial score (nSPS) is 21.1. The molecule has 2 aromatic rings. The van der Waals surface area contributed by atoms with E-state index in [2.05, 4.69) is 10.3 Å². The van der Waals surface area contributed by atoms with Crippen LogP contribution in [0.1, 0.15) is 28.8 Å². The van der Waals surface area contributed by atoms with E-state index in [1.807, 2.05) is 18.9 Å². The lowest BCUT2D eigenvalue weighted by Crippen LogP contribution is -2.60. The Kier molecular flexibility index (Phi) is 6.70. The lowest BCUT2D eigenvalue weighted by atomic mass is 9.96. The van der Waals surface area contributed by atoms with Crippen LogP contribution in [0.4, 0.5) is 4.39 Å². The van der Waals surface area contributed by atoms with Crippen molar-refractivity contribution in [1.29, 1.82) is 0 Å². The van der Waals surface area contributed by atoms with Crippen molar-refractivity contribution in [2.24, 2.45) is 7.05 Å². The van der Waals surface area contributed by atoms with E-state index < -0.39 is 39.9 Å². The lowest BCUT2D eigenvalue weighted by molar-refractivity contribution is 0.0518. The van der Waals surface area contributed by atoms with Crippen molar-refractivity contribution in [3.8, 4) is 5.75 Å². The molecule has 1 aromatic heterocycles.